The fourth-order valence-corrected chi connectivity index (χ4v) is 3.12. The van der Waals surface area contributed by atoms with E-state index in [0.717, 1.165) is 22.7 Å². The molecule has 2 aromatic carbocycles. The number of benzene rings is 2. The fourth-order valence-electron chi connectivity index (χ4n) is 2.35. The average Bonchev–Trinajstić information content (AvgIpc) is 3.15. The molecule has 0 aliphatic rings. The second-order valence-electron chi connectivity index (χ2n) is 5.75. The topological polar surface area (TPSA) is 70.3 Å². The maximum Gasteiger partial charge on any atom is 0.196 e. The number of anilines is 1. The van der Waals surface area contributed by atoms with Crippen molar-refractivity contribution >= 4 is 22.7 Å². The van der Waals surface area contributed by atoms with Crippen LogP contribution in [0.15, 0.2) is 52.9 Å². The molecule has 5 nitrogen and oxygen atoms in total. The monoisotopic (exact) mass is 362 g/mol. The molecule has 3 aromatic rings. The Morgan fingerprint density at radius 1 is 1.19 bits per heavy atom. The van der Waals surface area contributed by atoms with Crippen molar-refractivity contribution in [1.82, 2.24) is 4.98 Å². The van der Waals surface area contributed by atoms with Crippen molar-refractivity contribution in [2.75, 3.05) is 12.5 Å². The first-order chi connectivity index (χ1) is 12.6. The second-order valence-corrected chi connectivity index (χ2v) is 6.61. The van der Waals surface area contributed by atoms with Crippen LogP contribution < -0.4 is 10.2 Å². The van der Waals surface area contributed by atoms with Crippen LogP contribution in [0.3, 0.4) is 0 Å². The third-order valence-electron chi connectivity index (χ3n) is 3.98. The predicted molar refractivity (Wildman–Crippen MR) is 106 cm³/mol. The van der Waals surface area contributed by atoms with Gasteiger partial charge < -0.3 is 4.74 Å². The smallest absolute Gasteiger partial charge is 0.196 e. The minimum Gasteiger partial charge on any atom is -0.497 e. The average molecular weight is 362 g/mol. The molecular weight excluding hydrogens is 344 g/mol. The molecule has 1 heterocycles. The number of methoxy groups -OCH3 is 1. The SMILES string of the molecule is COc1cccc(-c2csc(C(C#N)=NNc3ccc(C)c(C)c3)n2)c1. The predicted octanol–water partition coefficient (Wildman–Crippen LogP) is 4.78. The van der Waals surface area contributed by atoms with E-state index >= 15 is 0 Å². The van der Waals surface area contributed by atoms with Crippen LogP contribution in [-0.4, -0.2) is 17.8 Å². The van der Waals surface area contributed by atoms with Gasteiger partial charge in [0.05, 0.1) is 18.5 Å². The number of thiazole rings is 1. The second kappa shape index (κ2) is 7.81. The van der Waals surface area contributed by atoms with E-state index in [9.17, 15) is 5.26 Å². The number of nitriles is 1. The van der Waals surface area contributed by atoms with Crippen molar-refractivity contribution in [3.63, 3.8) is 0 Å². The van der Waals surface area contributed by atoms with Gasteiger partial charge in [0.2, 0.25) is 0 Å². The molecule has 0 aliphatic carbocycles. The molecule has 26 heavy (non-hydrogen) atoms. The fraction of sp³-hybridized carbons (Fsp3) is 0.150. The van der Waals surface area contributed by atoms with Gasteiger partial charge in [-0.2, -0.15) is 10.4 Å². The first-order valence-electron chi connectivity index (χ1n) is 8.02. The van der Waals surface area contributed by atoms with Crippen molar-refractivity contribution in [1.29, 1.82) is 5.26 Å². The highest BCUT2D eigenvalue weighted by Gasteiger charge is 2.11. The number of rotatable bonds is 5. The summed E-state index contributed by atoms with van der Waals surface area (Å²) in [6.45, 7) is 4.09. The lowest BCUT2D eigenvalue weighted by Gasteiger charge is -2.04. The van der Waals surface area contributed by atoms with Crippen LogP contribution in [0.2, 0.25) is 0 Å². The highest BCUT2D eigenvalue weighted by molar-refractivity contribution is 7.12. The molecule has 0 bridgehead atoms. The van der Waals surface area contributed by atoms with Gasteiger partial charge in [0, 0.05) is 10.9 Å². The minimum absolute atomic E-state index is 0.252. The Bertz CT molecular complexity index is 1000. The summed E-state index contributed by atoms with van der Waals surface area (Å²) in [5.74, 6) is 0.766. The Morgan fingerprint density at radius 3 is 2.77 bits per heavy atom. The van der Waals surface area contributed by atoms with E-state index in [1.807, 2.05) is 54.8 Å². The number of hydrazone groups is 1. The van der Waals surface area contributed by atoms with Crippen molar-refractivity contribution in [2.24, 2.45) is 5.10 Å². The summed E-state index contributed by atoms with van der Waals surface area (Å²) in [7, 11) is 1.63. The van der Waals surface area contributed by atoms with Gasteiger partial charge in [0.15, 0.2) is 10.7 Å². The third-order valence-corrected chi connectivity index (χ3v) is 4.83. The Hall–Kier alpha value is -3.17. The van der Waals surface area contributed by atoms with E-state index in [0.29, 0.717) is 5.01 Å². The summed E-state index contributed by atoms with van der Waals surface area (Å²) in [5, 5.41) is 16.1. The van der Waals surface area contributed by atoms with E-state index in [-0.39, 0.29) is 5.71 Å². The summed E-state index contributed by atoms with van der Waals surface area (Å²) < 4.78 is 5.25. The lowest BCUT2D eigenvalue weighted by Crippen LogP contribution is -2.01. The Morgan fingerprint density at radius 2 is 2.04 bits per heavy atom. The lowest BCUT2D eigenvalue weighted by atomic mass is 10.1. The molecule has 1 aromatic heterocycles. The molecule has 0 amide bonds. The van der Waals surface area contributed by atoms with Gasteiger partial charge in [0.1, 0.15) is 11.8 Å². The minimum atomic E-state index is 0.252. The Balaban J connectivity index is 1.83. The van der Waals surface area contributed by atoms with Crippen molar-refractivity contribution in [3.8, 4) is 23.1 Å². The molecule has 0 saturated heterocycles. The summed E-state index contributed by atoms with van der Waals surface area (Å²) in [6, 6.07) is 15.7. The molecule has 0 spiro atoms. The van der Waals surface area contributed by atoms with Crippen LogP contribution in [0.1, 0.15) is 16.1 Å². The van der Waals surface area contributed by atoms with Crippen LogP contribution >= 0.6 is 11.3 Å². The molecule has 1 N–H and O–H groups in total. The standard InChI is InChI=1S/C20H18N4OS/c1-13-7-8-16(9-14(13)2)23-24-18(11-21)20-22-19(12-26-20)15-5-4-6-17(10-15)25-3/h4-10,12,23H,1-3H3. The summed E-state index contributed by atoms with van der Waals surface area (Å²) >= 11 is 1.39. The van der Waals surface area contributed by atoms with Gasteiger partial charge >= 0.3 is 0 Å². The Labute approximate surface area is 156 Å². The summed E-state index contributed by atoms with van der Waals surface area (Å²) in [6.07, 6.45) is 0. The van der Waals surface area contributed by atoms with E-state index in [4.69, 9.17) is 4.74 Å². The van der Waals surface area contributed by atoms with Crippen molar-refractivity contribution in [3.05, 3.63) is 64.0 Å². The molecule has 0 radical (unpaired) electrons. The number of aromatic nitrogens is 1. The number of ether oxygens (including phenoxy) is 1. The maximum absolute atomic E-state index is 9.44. The van der Waals surface area contributed by atoms with E-state index in [2.05, 4.69) is 28.5 Å². The van der Waals surface area contributed by atoms with Gasteiger partial charge in [-0.25, -0.2) is 4.98 Å². The number of aryl methyl sites for hydroxylation is 2. The van der Waals surface area contributed by atoms with Gasteiger partial charge in [-0.3, -0.25) is 5.43 Å². The summed E-state index contributed by atoms with van der Waals surface area (Å²) in [5.41, 5.74) is 8.13. The van der Waals surface area contributed by atoms with Crippen LogP contribution in [-0.2, 0) is 0 Å². The van der Waals surface area contributed by atoms with Gasteiger partial charge in [-0.05, 0) is 49.2 Å². The van der Waals surface area contributed by atoms with Crippen LogP contribution in [0, 0.1) is 25.2 Å². The van der Waals surface area contributed by atoms with Gasteiger partial charge in [0.25, 0.3) is 0 Å². The number of hydrogen-bond acceptors (Lipinski definition) is 6. The highest BCUT2D eigenvalue weighted by atomic mass is 32.1. The third kappa shape index (κ3) is 3.90. The van der Waals surface area contributed by atoms with Gasteiger partial charge in [-0.1, -0.05) is 18.2 Å². The largest absolute Gasteiger partial charge is 0.497 e. The molecule has 0 fully saturated rings. The number of hydrogen-bond donors (Lipinski definition) is 1. The van der Waals surface area contributed by atoms with Crippen LogP contribution in [0.5, 0.6) is 5.75 Å². The van der Waals surface area contributed by atoms with E-state index < -0.39 is 0 Å². The molecule has 0 aliphatic heterocycles. The summed E-state index contributed by atoms with van der Waals surface area (Å²) in [4.78, 5) is 4.54. The van der Waals surface area contributed by atoms with Crippen LogP contribution in [0.4, 0.5) is 5.69 Å². The van der Waals surface area contributed by atoms with Crippen molar-refractivity contribution in [2.45, 2.75) is 13.8 Å². The number of nitrogens with zero attached hydrogens (tertiary/aromatic N) is 3. The molecule has 0 atom stereocenters. The molecule has 0 saturated carbocycles. The zero-order chi connectivity index (χ0) is 18.5. The quantitative estimate of drug-likeness (QED) is 0.524. The zero-order valence-electron chi connectivity index (χ0n) is 14.8. The molecular formula is C20H18N4OS. The van der Waals surface area contributed by atoms with Crippen LogP contribution in [0.25, 0.3) is 11.3 Å². The van der Waals surface area contributed by atoms with E-state index in [1.165, 1.54) is 22.5 Å². The molecule has 130 valence electrons. The normalized spacial score (nSPS) is 11.1. The molecule has 6 heteroatoms. The molecule has 3 rings (SSSR count). The highest BCUT2D eigenvalue weighted by Crippen LogP contribution is 2.25. The van der Waals surface area contributed by atoms with Crippen molar-refractivity contribution < 1.29 is 4.74 Å². The first-order valence-corrected chi connectivity index (χ1v) is 8.90. The lowest BCUT2D eigenvalue weighted by molar-refractivity contribution is 0.415. The molecule has 0 unspecified atom stereocenters. The zero-order valence-corrected chi connectivity index (χ0v) is 15.6. The first kappa shape index (κ1) is 17.6. The maximum atomic E-state index is 9.44. The number of nitrogens with one attached hydrogen (secondary N) is 1. The van der Waals surface area contributed by atoms with E-state index in [1.54, 1.807) is 7.11 Å². The van der Waals surface area contributed by atoms with Gasteiger partial charge in [-0.15, -0.1) is 11.3 Å². The Kier molecular flexibility index (Phi) is 5.30.